The van der Waals surface area contributed by atoms with Crippen LogP contribution >= 0.6 is 12.2 Å². The molecule has 0 unspecified atom stereocenters. The Morgan fingerprint density at radius 1 is 1.60 bits per heavy atom. The highest BCUT2D eigenvalue weighted by atomic mass is 32.1. The van der Waals surface area contributed by atoms with Gasteiger partial charge in [-0.1, -0.05) is 26.1 Å². The summed E-state index contributed by atoms with van der Waals surface area (Å²) in [6.07, 6.45) is 0.696. The summed E-state index contributed by atoms with van der Waals surface area (Å²) in [4.78, 5) is 0.531. The minimum Gasteiger partial charge on any atom is -0.393 e. The fourth-order valence-electron chi connectivity index (χ4n) is 0.492. The Morgan fingerprint density at radius 3 is 2.60 bits per heavy atom. The molecule has 0 radical (unpaired) electrons. The third-order valence-corrected chi connectivity index (χ3v) is 1.15. The van der Waals surface area contributed by atoms with E-state index in [2.05, 4.69) is 26.1 Å². The van der Waals surface area contributed by atoms with Crippen LogP contribution in [0, 0.1) is 5.92 Å². The minimum absolute atomic E-state index is 0.531. The Bertz CT molecular complexity index is 104. The highest BCUT2D eigenvalue weighted by molar-refractivity contribution is 7.80. The van der Waals surface area contributed by atoms with E-state index in [9.17, 15) is 0 Å². The van der Waals surface area contributed by atoms with Crippen LogP contribution in [0.25, 0.3) is 0 Å². The SMILES string of the molecule is CC(C)COCCC(N)=S. The molecule has 0 atom stereocenters. The number of ether oxygens (including phenoxy) is 1. The zero-order chi connectivity index (χ0) is 7.98. The van der Waals surface area contributed by atoms with Gasteiger partial charge in [-0.3, -0.25) is 0 Å². The second-order valence-electron chi connectivity index (χ2n) is 2.69. The predicted octanol–water partition coefficient (Wildman–Crippen LogP) is 1.34. The summed E-state index contributed by atoms with van der Waals surface area (Å²) >= 11 is 4.67. The molecule has 0 spiro atoms. The van der Waals surface area contributed by atoms with Gasteiger partial charge in [0.2, 0.25) is 0 Å². The van der Waals surface area contributed by atoms with Gasteiger partial charge in [0.25, 0.3) is 0 Å². The topological polar surface area (TPSA) is 35.2 Å². The van der Waals surface area contributed by atoms with Gasteiger partial charge in [-0.15, -0.1) is 0 Å². The second-order valence-corrected chi connectivity index (χ2v) is 3.21. The standard InChI is InChI=1S/C7H15NOS/c1-6(2)5-9-4-3-7(8)10/h6H,3-5H2,1-2H3,(H2,8,10). The molecule has 0 aromatic heterocycles. The molecule has 3 heteroatoms. The quantitative estimate of drug-likeness (QED) is 0.488. The van der Waals surface area contributed by atoms with Crippen molar-refractivity contribution in [2.24, 2.45) is 11.7 Å². The number of nitrogens with two attached hydrogens (primary N) is 1. The van der Waals surface area contributed by atoms with Gasteiger partial charge in [0.05, 0.1) is 11.6 Å². The van der Waals surface area contributed by atoms with Crippen molar-refractivity contribution in [2.45, 2.75) is 20.3 Å². The molecule has 0 saturated carbocycles. The Hall–Kier alpha value is -0.150. The van der Waals surface area contributed by atoms with Crippen molar-refractivity contribution in [3.63, 3.8) is 0 Å². The minimum atomic E-state index is 0.531. The summed E-state index contributed by atoms with van der Waals surface area (Å²) in [5.41, 5.74) is 5.26. The molecule has 60 valence electrons. The molecule has 0 rings (SSSR count). The molecule has 0 amide bonds. The second kappa shape index (κ2) is 5.62. The van der Waals surface area contributed by atoms with Gasteiger partial charge in [-0.2, -0.15) is 0 Å². The molecular weight excluding hydrogens is 146 g/mol. The lowest BCUT2D eigenvalue weighted by atomic mass is 10.2. The van der Waals surface area contributed by atoms with Gasteiger partial charge in [0.15, 0.2) is 0 Å². The van der Waals surface area contributed by atoms with Crippen LogP contribution in [0.5, 0.6) is 0 Å². The molecule has 0 heterocycles. The van der Waals surface area contributed by atoms with Gasteiger partial charge >= 0.3 is 0 Å². The van der Waals surface area contributed by atoms with E-state index < -0.39 is 0 Å². The molecule has 2 nitrogen and oxygen atoms in total. The van der Waals surface area contributed by atoms with Crippen molar-refractivity contribution in [1.29, 1.82) is 0 Å². The van der Waals surface area contributed by atoms with E-state index in [1.54, 1.807) is 0 Å². The predicted molar refractivity (Wildman–Crippen MR) is 47.1 cm³/mol. The zero-order valence-corrected chi connectivity index (χ0v) is 7.41. The summed E-state index contributed by atoms with van der Waals surface area (Å²) in [6, 6.07) is 0. The third kappa shape index (κ3) is 7.85. The molecule has 0 saturated heterocycles. The van der Waals surface area contributed by atoms with Crippen LogP contribution in [0.2, 0.25) is 0 Å². The van der Waals surface area contributed by atoms with Crippen molar-refractivity contribution >= 4 is 17.2 Å². The van der Waals surface area contributed by atoms with Crippen molar-refractivity contribution in [1.82, 2.24) is 0 Å². The van der Waals surface area contributed by atoms with Crippen molar-refractivity contribution in [2.75, 3.05) is 13.2 Å². The van der Waals surface area contributed by atoms with E-state index in [0.717, 1.165) is 6.61 Å². The highest BCUT2D eigenvalue weighted by Crippen LogP contribution is 1.92. The van der Waals surface area contributed by atoms with Crippen molar-refractivity contribution in [3.8, 4) is 0 Å². The molecule has 0 aromatic rings. The lowest BCUT2D eigenvalue weighted by Gasteiger charge is -2.04. The zero-order valence-electron chi connectivity index (χ0n) is 6.59. The summed E-state index contributed by atoms with van der Waals surface area (Å²) in [5, 5.41) is 0. The number of hydrogen-bond acceptors (Lipinski definition) is 2. The van der Waals surface area contributed by atoms with E-state index >= 15 is 0 Å². The smallest absolute Gasteiger partial charge is 0.0750 e. The van der Waals surface area contributed by atoms with Gasteiger partial charge in [-0.25, -0.2) is 0 Å². The van der Waals surface area contributed by atoms with Crippen LogP contribution in [0.3, 0.4) is 0 Å². The van der Waals surface area contributed by atoms with E-state index in [1.807, 2.05) is 0 Å². The van der Waals surface area contributed by atoms with E-state index in [0.29, 0.717) is 23.9 Å². The summed E-state index contributed by atoms with van der Waals surface area (Å²) in [5.74, 6) is 0.589. The number of thiocarbonyl (C=S) groups is 1. The van der Waals surface area contributed by atoms with E-state index in [1.165, 1.54) is 0 Å². The molecule has 0 aliphatic heterocycles. The van der Waals surface area contributed by atoms with Crippen LogP contribution < -0.4 is 5.73 Å². The Morgan fingerprint density at radius 2 is 2.20 bits per heavy atom. The van der Waals surface area contributed by atoms with Gasteiger partial charge in [-0.05, 0) is 5.92 Å². The first-order chi connectivity index (χ1) is 4.63. The summed E-state index contributed by atoms with van der Waals surface area (Å²) in [7, 11) is 0. The average Bonchev–Trinajstić information content (AvgIpc) is 1.79. The number of hydrogen-bond donors (Lipinski definition) is 1. The summed E-state index contributed by atoms with van der Waals surface area (Å²) < 4.78 is 5.24. The Balaban J connectivity index is 2.98. The largest absolute Gasteiger partial charge is 0.393 e. The van der Waals surface area contributed by atoms with Crippen molar-refractivity contribution in [3.05, 3.63) is 0 Å². The van der Waals surface area contributed by atoms with Crippen LogP contribution in [0.4, 0.5) is 0 Å². The summed E-state index contributed by atoms with van der Waals surface area (Å²) in [6.45, 7) is 5.68. The molecule has 0 aliphatic rings. The fraction of sp³-hybridized carbons (Fsp3) is 0.857. The van der Waals surface area contributed by atoms with Gasteiger partial charge in [0, 0.05) is 13.0 Å². The number of rotatable bonds is 5. The molecule has 0 aromatic carbocycles. The molecule has 0 bridgehead atoms. The maximum Gasteiger partial charge on any atom is 0.0750 e. The first kappa shape index (κ1) is 9.85. The molecule has 2 N–H and O–H groups in total. The lowest BCUT2D eigenvalue weighted by Crippen LogP contribution is -2.12. The third-order valence-electron chi connectivity index (χ3n) is 0.944. The maximum atomic E-state index is 5.26. The normalized spacial score (nSPS) is 10.3. The average molecular weight is 161 g/mol. The first-order valence-corrected chi connectivity index (χ1v) is 3.89. The van der Waals surface area contributed by atoms with E-state index in [4.69, 9.17) is 10.5 Å². The fourth-order valence-corrected chi connectivity index (χ4v) is 0.575. The first-order valence-electron chi connectivity index (χ1n) is 3.49. The van der Waals surface area contributed by atoms with Crippen LogP contribution in [0.15, 0.2) is 0 Å². The van der Waals surface area contributed by atoms with Crippen LogP contribution in [0.1, 0.15) is 20.3 Å². The molecule has 10 heavy (non-hydrogen) atoms. The molecule has 0 fully saturated rings. The molecular formula is C7H15NOS. The Kier molecular flexibility index (Phi) is 5.54. The van der Waals surface area contributed by atoms with Crippen LogP contribution in [-0.2, 0) is 4.74 Å². The van der Waals surface area contributed by atoms with E-state index in [-0.39, 0.29) is 0 Å². The highest BCUT2D eigenvalue weighted by Gasteiger charge is 1.93. The van der Waals surface area contributed by atoms with Crippen LogP contribution in [-0.4, -0.2) is 18.2 Å². The monoisotopic (exact) mass is 161 g/mol. The van der Waals surface area contributed by atoms with Gasteiger partial charge in [0.1, 0.15) is 0 Å². The molecule has 0 aliphatic carbocycles. The maximum absolute atomic E-state index is 5.26. The lowest BCUT2D eigenvalue weighted by molar-refractivity contribution is 0.116. The van der Waals surface area contributed by atoms with Gasteiger partial charge < -0.3 is 10.5 Å². The van der Waals surface area contributed by atoms with Crippen molar-refractivity contribution < 1.29 is 4.74 Å². The Labute approximate surface area is 67.7 Å².